The molecule has 1 heterocycles. The Bertz CT molecular complexity index is 537. The molecule has 0 saturated carbocycles. The molecule has 0 radical (unpaired) electrons. The highest BCUT2D eigenvalue weighted by Crippen LogP contribution is 2.20. The van der Waals surface area contributed by atoms with Crippen molar-refractivity contribution in [2.75, 3.05) is 6.54 Å². The van der Waals surface area contributed by atoms with Crippen molar-refractivity contribution in [3.05, 3.63) is 47.7 Å². The van der Waals surface area contributed by atoms with E-state index in [9.17, 15) is 4.39 Å². The van der Waals surface area contributed by atoms with E-state index < -0.39 is 0 Å². The summed E-state index contributed by atoms with van der Waals surface area (Å²) >= 11 is 0. The molecule has 94 valence electrons. The zero-order chi connectivity index (χ0) is 13.1. The van der Waals surface area contributed by atoms with Gasteiger partial charge in [0.1, 0.15) is 11.6 Å². The monoisotopic (exact) mass is 245 g/mol. The first-order valence-electron chi connectivity index (χ1n) is 5.91. The Morgan fingerprint density at radius 1 is 1.22 bits per heavy atom. The van der Waals surface area contributed by atoms with E-state index in [-0.39, 0.29) is 11.7 Å². The van der Waals surface area contributed by atoms with Crippen LogP contribution in [0.5, 0.6) is 0 Å². The third-order valence-corrected chi connectivity index (χ3v) is 2.81. The molecule has 0 spiro atoms. The Kier molecular flexibility index (Phi) is 3.67. The van der Waals surface area contributed by atoms with Gasteiger partial charge in [-0.25, -0.2) is 14.4 Å². The maximum absolute atomic E-state index is 12.9. The summed E-state index contributed by atoms with van der Waals surface area (Å²) in [6.07, 6.45) is 0. The summed E-state index contributed by atoms with van der Waals surface area (Å²) in [5.41, 5.74) is 8.21. The first kappa shape index (κ1) is 12.6. The topological polar surface area (TPSA) is 51.8 Å². The zero-order valence-electron chi connectivity index (χ0n) is 10.5. The largest absolute Gasteiger partial charge is 0.330 e. The molecule has 0 bridgehead atoms. The highest BCUT2D eigenvalue weighted by molar-refractivity contribution is 5.59. The molecule has 2 aromatic rings. The minimum atomic E-state index is -0.250. The molecule has 0 aliphatic carbocycles. The molecule has 3 nitrogen and oxygen atoms in total. The first-order valence-corrected chi connectivity index (χ1v) is 5.91. The van der Waals surface area contributed by atoms with Crippen LogP contribution in [-0.2, 0) is 0 Å². The van der Waals surface area contributed by atoms with Gasteiger partial charge in [-0.15, -0.1) is 0 Å². The predicted octanol–water partition coefficient (Wildman–Crippen LogP) is 2.65. The van der Waals surface area contributed by atoms with Crippen LogP contribution >= 0.6 is 0 Å². The van der Waals surface area contributed by atoms with Gasteiger partial charge in [-0.3, -0.25) is 0 Å². The SMILES string of the molecule is Cc1cc(-c2ccc(F)cc2)nc(C(C)CN)n1. The fraction of sp³-hybridized carbons (Fsp3) is 0.286. The molecule has 2 N–H and O–H groups in total. The van der Waals surface area contributed by atoms with Gasteiger partial charge in [-0.05, 0) is 37.3 Å². The quantitative estimate of drug-likeness (QED) is 0.904. The number of hydrogen-bond donors (Lipinski definition) is 1. The van der Waals surface area contributed by atoms with Crippen LogP contribution in [0.15, 0.2) is 30.3 Å². The Hall–Kier alpha value is -1.81. The number of hydrogen-bond acceptors (Lipinski definition) is 3. The van der Waals surface area contributed by atoms with E-state index in [1.54, 1.807) is 12.1 Å². The van der Waals surface area contributed by atoms with Crippen LogP contribution in [0.3, 0.4) is 0 Å². The van der Waals surface area contributed by atoms with E-state index in [2.05, 4.69) is 9.97 Å². The number of halogens is 1. The van der Waals surface area contributed by atoms with E-state index in [0.717, 1.165) is 22.8 Å². The van der Waals surface area contributed by atoms with Crippen molar-refractivity contribution in [3.63, 3.8) is 0 Å². The minimum Gasteiger partial charge on any atom is -0.330 e. The number of nitrogens with two attached hydrogens (primary N) is 1. The lowest BCUT2D eigenvalue weighted by molar-refractivity contribution is 0.628. The zero-order valence-corrected chi connectivity index (χ0v) is 10.5. The van der Waals surface area contributed by atoms with Gasteiger partial charge in [0.2, 0.25) is 0 Å². The summed E-state index contributed by atoms with van der Waals surface area (Å²) in [5, 5.41) is 0. The fourth-order valence-electron chi connectivity index (χ4n) is 1.69. The molecule has 1 atom stereocenters. The highest BCUT2D eigenvalue weighted by atomic mass is 19.1. The van der Waals surface area contributed by atoms with Gasteiger partial charge in [-0.2, -0.15) is 0 Å². The summed E-state index contributed by atoms with van der Waals surface area (Å²) in [5.74, 6) is 0.598. The molecular formula is C14H16FN3. The summed E-state index contributed by atoms with van der Waals surface area (Å²) < 4.78 is 12.9. The second kappa shape index (κ2) is 5.23. The molecule has 0 amide bonds. The smallest absolute Gasteiger partial charge is 0.133 e. The summed E-state index contributed by atoms with van der Waals surface area (Å²) in [7, 11) is 0. The Morgan fingerprint density at radius 2 is 1.89 bits per heavy atom. The van der Waals surface area contributed by atoms with Crippen molar-refractivity contribution in [1.82, 2.24) is 9.97 Å². The van der Waals surface area contributed by atoms with Gasteiger partial charge >= 0.3 is 0 Å². The normalized spacial score (nSPS) is 12.4. The lowest BCUT2D eigenvalue weighted by Crippen LogP contribution is -2.13. The number of benzene rings is 1. The summed E-state index contributed by atoms with van der Waals surface area (Å²) in [6, 6.07) is 8.18. The maximum Gasteiger partial charge on any atom is 0.133 e. The van der Waals surface area contributed by atoms with Crippen molar-refractivity contribution in [2.45, 2.75) is 19.8 Å². The molecule has 0 saturated heterocycles. The second-order valence-electron chi connectivity index (χ2n) is 4.40. The van der Waals surface area contributed by atoms with Gasteiger partial charge in [-0.1, -0.05) is 6.92 Å². The third kappa shape index (κ3) is 2.71. The van der Waals surface area contributed by atoms with Gasteiger partial charge in [0.05, 0.1) is 5.69 Å². The van der Waals surface area contributed by atoms with E-state index in [1.165, 1.54) is 12.1 Å². The highest BCUT2D eigenvalue weighted by Gasteiger charge is 2.10. The minimum absolute atomic E-state index is 0.115. The molecule has 18 heavy (non-hydrogen) atoms. The van der Waals surface area contributed by atoms with Gasteiger partial charge in [0.25, 0.3) is 0 Å². The third-order valence-electron chi connectivity index (χ3n) is 2.81. The van der Waals surface area contributed by atoms with Crippen molar-refractivity contribution in [2.24, 2.45) is 5.73 Å². The summed E-state index contributed by atoms with van der Waals surface area (Å²) in [6.45, 7) is 4.41. The molecule has 1 aromatic carbocycles. The molecule has 1 unspecified atom stereocenters. The molecule has 4 heteroatoms. The predicted molar refractivity (Wildman–Crippen MR) is 69.6 cm³/mol. The number of nitrogens with zero attached hydrogens (tertiary/aromatic N) is 2. The van der Waals surface area contributed by atoms with Gasteiger partial charge in [0, 0.05) is 23.7 Å². The lowest BCUT2D eigenvalue weighted by atomic mass is 10.1. The van der Waals surface area contributed by atoms with Crippen LogP contribution in [0.1, 0.15) is 24.4 Å². The molecule has 1 aromatic heterocycles. The van der Waals surface area contributed by atoms with Crippen molar-refractivity contribution < 1.29 is 4.39 Å². The Balaban J connectivity index is 2.44. The molecular weight excluding hydrogens is 229 g/mol. The van der Waals surface area contributed by atoms with Crippen molar-refractivity contribution in [1.29, 1.82) is 0 Å². The van der Waals surface area contributed by atoms with E-state index in [1.807, 2.05) is 19.9 Å². The van der Waals surface area contributed by atoms with Crippen LogP contribution in [0.25, 0.3) is 11.3 Å². The molecule has 2 rings (SSSR count). The van der Waals surface area contributed by atoms with Crippen LogP contribution in [0, 0.1) is 12.7 Å². The molecule has 0 fully saturated rings. The molecule has 0 aliphatic heterocycles. The number of rotatable bonds is 3. The average molecular weight is 245 g/mol. The van der Waals surface area contributed by atoms with Crippen LogP contribution < -0.4 is 5.73 Å². The first-order chi connectivity index (χ1) is 8.60. The van der Waals surface area contributed by atoms with E-state index in [0.29, 0.717) is 6.54 Å². The Labute approximate surface area is 106 Å². The lowest BCUT2D eigenvalue weighted by Gasteiger charge is -2.10. The average Bonchev–Trinajstić information content (AvgIpc) is 2.38. The van der Waals surface area contributed by atoms with Gasteiger partial charge < -0.3 is 5.73 Å². The standard InChI is InChI=1S/C14H16FN3/c1-9(8-16)14-17-10(2)7-13(18-14)11-3-5-12(15)6-4-11/h3-7,9H,8,16H2,1-2H3. The molecule has 0 aliphatic rings. The Morgan fingerprint density at radius 3 is 2.50 bits per heavy atom. The van der Waals surface area contributed by atoms with E-state index in [4.69, 9.17) is 5.73 Å². The maximum atomic E-state index is 12.9. The second-order valence-corrected chi connectivity index (χ2v) is 4.40. The van der Waals surface area contributed by atoms with Crippen LogP contribution in [-0.4, -0.2) is 16.5 Å². The van der Waals surface area contributed by atoms with E-state index >= 15 is 0 Å². The van der Waals surface area contributed by atoms with Crippen molar-refractivity contribution in [3.8, 4) is 11.3 Å². The van der Waals surface area contributed by atoms with Gasteiger partial charge in [0.15, 0.2) is 0 Å². The fourth-order valence-corrected chi connectivity index (χ4v) is 1.69. The van der Waals surface area contributed by atoms with Crippen LogP contribution in [0.2, 0.25) is 0 Å². The van der Waals surface area contributed by atoms with Crippen molar-refractivity contribution >= 4 is 0 Å². The number of aromatic nitrogens is 2. The number of aryl methyl sites for hydroxylation is 1. The van der Waals surface area contributed by atoms with Crippen LogP contribution in [0.4, 0.5) is 4.39 Å². The summed E-state index contributed by atoms with van der Waals surface area (Å²) in [4.78, 5) is 8.87.